The van der Waals surface area contributed by atoms with Gasteiger partial charge >= 0.3 is 0 Å². The van der Waals surface area contributed by atoms with E-state index in [2.05, 4.69) is 31.3 Å². The van der Waals surface area contributed by atoms with E-state index in [1.807, 2.05) is 25.2 Å². The monoisotopic (exact) mass is 251 g/mol. The van der Waals surface area contributed by atoms with E-state index >= 15 is 0 Å². The molecular formula is C15H25NO2. The normalized spacial score (nSPS) is 16.2. The molecule has 0 fully saturated rings. The molecule has 1 aromatic carbocycles. The van der Waals surface area contributed by atoms with E-state index in [1.165, 1.54) is 5.56 Å². The molecule has 0 saturated carbocycles. The molecule has 3 heteroatoms. The van der Waals surface area contributed by atoms with E-state index in [9.17, 15) is 5.11 Å². The second kappa shape index (κ2) is 8.25. The molecular weight excluding hydrogens is 226 g/mol. The van der Waals surface area contributed by atoms with Crippen molar-refractivity contribution in [1.29, 1.82) is 0 Å². The minimum Gasteiger partial charge on any atom is -0.396 e. The van der Waals surface area contributed by atoms with Gasteiger partial charge in [0.25, 0.3) is 0 Å². The maximum atomic E-state index is 9.18. The van der Waals surface area contributed by atoms with Crippen molar-refractivity contribution in [2.75, 3.05) is 20.3 Å². The van der Waals surface area contributed by atoms with E-state index in [0.717, 1.165) is 0 Å². The Bertz CT molecular complexity index is 316. The molecule has 0 aliphatic rings. The van der Waals surface area contributed by atoms with Gasteiger partial charge in [0.15, 0.2) is 0 Å². The summed E-state index contributed by atoms with van der Waals surface area (Å²) in [6.07, 6.45) is 0. The number of benzene rings is 1. The predicted molar refractivity (Wildman–Crippen MR) is 74.4 cm³/mol. The second-order valence-corrected chi connectivity index (χ2v) is 4.91. The molecule has 0 spiro atoms. The Kier molecular flexibility index (Phi) is 6.94. The summed E-state index contributed by atoms with van der Waals surface area (Å²) in [5, 5.41) is 12.5. The quantitative estimate of drug-likeness (QED) is 0.743. The van der Waals surface area contributed by atoms with Crippen LogP contribution in [0.15, 0.2) is 30.3 Å². The van der Waals surface area contributed by atoms with Crippen LogP contribution in [0.4, 0.5) is 0 Å². The second-order valence-electron chi connectivity index (χ2n) is 4.91. The van der Waals surface area contributed by atoms with Crippen molar-refractivity contribution < 1.29 is 9.84 Å². The van der Waals surface area contributed by atoms with Crippen LogP contribution in [-0.2, 0) is 11.3 Å². The van der Waals surface area contributed by atoms with Crippen molar-refractivity contribution in [2.45, 2.75) is 26.5 Å². The highest BCUT2D eigenvalue weighted by Gasteiger charge is 2.20. The lowest BCUT2D eigenvalue weighted by atomic mass is 9.90. The third-order valence-electron chi connectivity index (χ3n) is 3.60. The molecule has 0 aliphatic carbocycles. The SMILES string of the molecule is CN[C@H](COCc1ccccc1)C(C)C(C)CO. The van der Waals surface area contributed by atoms with Gasteiger partial charge in [-0.25, -0.2) is 0 Å². The molecule has 0 radical (unpaired) electrons. The number of likely N-dealkylation sites (N-methyl/N-ethyl adjacent to an activating group) is 1. The van der Waals surface area contributed by atoms with Crippen molar-refractivity contribution in [1.82, 2.24) is 5.32 Å². The fourth-order valence-corrected chi connectivity index (χ4v) is 1.94. The van der Waals surface area contributed by atoms with Crippen LogP contribution in [0.2, 0.25) is 0 Å². The molecule has 102 valence electrons. The lowest BCUT2D eigenvalue weighted by Gasteiger charge is -2.27. The summed E-state index contributed by atoms with van der Waals surface area (Å²) in [5.41, 5.74) is 1.19. The molecule has 2 N–H and O–H groups in total. The largest absolute Gasteiger partial charge is 0.396 e. The molecule has 0 bridgehead atoms. The molecule has 1 rings (SSSR count). The van der Waals surface area contributed by atoms with Gasteiger partial charge in [-0.2, -0.15) is 0 Å². The van der Waals surface area contributed by atoms with Crippen molar-refractivity contribution >= 4 is 0 Å². The number of hydrogen-bond donors (Lipinski definition) is 2. The molecule has 3 nitrogen and oxygen atoms in total. The molecule has 0 saturated heterocycles. The van der Waals surface area contributed by atoms with E-state index in [4.69, 9.17) is 4.74 Å². The molecule has 0 amide bonds. The number of aliphatic hydroxyl groups excluding tert-OH is 1. The molecule has 0 aromatic heterocycles. The Hall–Kier alpha value is -0.900. The Morgan fingerprint density at radius 1 is 1.22 bits per heavy atom. The average molecular weight is 251 g/mol. The molecule has 0 heterocycles. The van der Waals surface area contributed by atoms with Crippen LogP contribution < -0.4 is 5.32 Å². The van der Waals surface area contributed by atoms with Crippen molar-refractivity contribution in [3.05, 3.63) is 35.9 Å². The number of rotatable bonds is 8. The van der Waals surface area contributed by atoms with Crippen molar-refractivity contribution in [2.24, 2.45) is 11.8 Å². The summed E-state index contributed by atoms with van der Waals surface area (Å²) < 4.78 is 5.74. The summed E-state index contributed by atoms with van der Waals surface area (Å²) in [4.78, 5) is 0. The van der Waals surface area contributed by atoms with Gasteiger partial charge in [0, 0.05) is 12.6 Å². The number of ether oxygens (including phenoxy) is 1. The van der Waals surface area contributed by atoms with Crippen LogP contribution in [0.1, 0.15) is 19.4 Å². The molecule has 18 heavy (non-hydrogen) atoms. The summed E-state index contributed by atoms with van der Waals surface area (Å²) in [6, 6.07) is 10.4. The van der Waals surface area contributed by atoms with Crippen LogP contribution >= 0.6 is 0 Å². The van der Waals surface area contributed by atoms with E-state index in [1.54, 1.807) is 0 Å². The third kappa shape index (κ3) is 4.77. The molecule has 1 aromatic rings. The zero-order valence-electron chi connectivity index (χ0n) is 11.6. The predicted octanol–water partition coefficient (Wildman–Crippen LogP) is 2.06. The first-order chi connectivity index (χ1) is 8.69. The first-order valence-electron chi connectivity index (χ1n) is 6.58. The maximum Gasteiger partial charge on any atom is 0.0717 e. The first kappa shape index (κ1) is 15.2. The fraction of sp³-hybridized carbons (Fsp3) is 0.600. The topological polar surface area (TPSA) is 41.5 Å². The summed E-state index contributed by atoms with van der Waals surface area (Å²) in [6.45, 7) is 5.73. The highest BCUT2D eigenvalue weighted by molar-refractivity contribution is 5.13. The molecule has 2 unspecified atom stereocenters. The van der Waals surface area contributed by atoms with Gasteiger partial charge in [-0.15, -0.1) is 0 Å². The van der Waals surface area contributed by atoms with E-state index in [0.29, 0.717) is 19.1 Å². The van der Waals surface area contributed by atoms with E-state index in [-0.39, 0.29) is 18.6 Å². The minimum atomic E-state index is 0.220. The molecule has 3 atom stereocenters. The van der Waals surface area contributed by atoms with Gasteiger partial charge in [0.1, 0.15) is 0 Å². The first-order valence-corrected chi connectivity index (χ1v) is 6.58. The van der Waals surface area contributed by atoms with Crippen molar-refractivity contribution in [3.63, 3.8) is 0 Å². The van der Waals surface area contributed by atoms with Gasteiger partial charge in [-0.1, -0.05) is 44.2 Å². The summed E-state index contributed by atoms with van der Waals surface area (Å²) >= 11 is 0. The highest BCUT2D eigenvalue weighted by Crippen LogP contribution is 2.15. The Morgan fingerprint density at radius 3 is 2.44 bits per heavy atom. The standard InChI is InChI=1S/C15H25NO2/c1-12(9-17)13(2)15(16-3)11-18-10-14-7-5-4-6-8-14/h4-8,12-13,15-17H,9-11H2,1-3H3/t12?,13?,15-/m1/s1. The summed E-state index contributed by atoms with van der Waals surface area (Å²) in [5.74, 6) is 0.665. The van der Waals surface area contributed by atoms with Crippen LogP contribution in [0.25, 0.3) is 0 Å². The Morgan fingerprint density at radius 2 is 1.89 bits per heavy atom. The average Bonchev–Trinajstić information content (AvgIpc) is 2.43. The smallest absolute Gasteiger partial charge is 0.0717 e. The van der Waals surface area contributed by atoms with E-state index < -0.39 is 0 Å². The highest BCUT2D eigenvalue weighted by atomic mass is 16.5. The number of aliphatic hydroxyl groups is 1. The van der Waals surface area contributed by atoms with Crippen LogP contribution in [-0.4, -0.2) is 31.4 Å². The van der Waals surface area contributed by atoms with Gasteiger partial charge < -0.3 is 15.2 Å². The van der Waals surface area contributed by atoms with Crippen molar-refractivity contribution in [3.8, 4) is 0 Å². The van der Waals surface area contributed by atoms with Crippen LogP contribution in [0.3, 0.4) is 0 Å². The van der Waals surface area contributed by atoms with Gasteiger partial charge in [-0.05, 0) is 24.4 Å². The fourth-order valence-electron chi connectivity index (χ4n) is 1.94. The minimum absolute atomic E-state index is 0.220. The zero-order chi connectivity index (χ0) is 13.4. The third-order valence-corrected chi connectivity index (χ3v) is 3.60. The Balaban J connectivity index is 2.36. The van der Waals surface area contributed by atoms with Gasteiger partial charge in [0.2, 0.25) is 0 Å². The lowest BCUT2D eigenvalue weighted by Crippen LogP contribution is -2.40. The Labute approximate surface area is 110 Å². The lowest BCUT2D eigenvalue weighted by molar-refractivity contribution is 0.0683. The maximum absolute atomic E-state index is 9.18. The van der Waals surface area contributed by atoms with Crippen LogP contribution in [0, 0.1) is 11.8 Å². The summed E-state index contributed by atoms with van der Waals surface area (Å²) in [7, 11) is 1.94. The molecule has 0 aliphatic heterocycles. The van der Waals surface area contributed by atoms with Gasteiger partial charge in [0.05, 0.1) is 13.2 Å². The van der Waals surface area contributed by atoms with Gasteiger partial charge in [-0.3, -0.25) is 0 Å². The number of hydrogen-bond acceptors (Lipinski definition) is 3. The zero-order valence-corrected chi connectivity index (χ0v) is 11.6. The number of nitrogens with one attached hydrogen (secondary N) is 1. The van der Waals surface area contributed by atoms with Crippen LogP contribution in [0.5, 0.6) is 0 Å².